The number of para-hydroxylation sites is 1. The van der Waals surface area contributed by atoms with E-state index >= 15 is 0 Å². The van der Waals surface area contributed by atoms with Crippen LogP contribution in [0, 0.1) is 0 Å². The van der Waals surface area contributed by atoms with Gasteiger partial charge in [0.05, 0.1) is 6.67 Å². The van der Waals surface area contributed by atoms with Crippen LogP contribution < -0.4 is 4.90 Å². The third-order valence-corrected chi connectivity index (χ3v) is 4.13. The van der Waals surface area contributed by atoms with Crippen molar-refractivity contribution in [1.82, 2.24) is 9.80 Å². The van der Waals surface area contributed by atoms with Crippen molar-refractivity contribution in [3.63, 3.8) is 0 Å². The Morgan fingerprint density at radius 1 is 0.875 bits per heavy atom. The number of carbonyl (C=O) groups is 5. The second kappa shape index (κ2) is 15.3. The molecule has 0 saturated carbocycles. The van der Waals surface area contributed by atoms with Crippen LogP contribution in [0.15, 0.2) is 30.3 Å². The zero-order valence-corrected chi connectivity index (χ0v) is 18.0. The van der Waals surface area contributed by atoms with Crippen molar-refractivity contribution < 1.29 is 44.4 Å². The number of nitrogens with zero attached hydrogens (tertiary/aromatic N) is 3. The summed E-state index contributed by atoms with van der Waals surface area (Å²) in [5.41, 5.74) is 1.00. The van der Waals surface area contributed by atoms with Gasteiger partial charge in [0.1, 0.15) is 0 Å². The molecule has 178 valence electrons. The highest BCUT2D eigenvalue weighted by Gasteiger charge is 2.18. The number of hydrogen-bond donors (Lipinski definition) is 4. The van der Waals surface area contributed by atoms with Crippen molar-refractivity contribution in [3.8, 4) is 0 Å². The monoisotopic (exact) mass is 455 g/mol. The molecule has 1 heterocycles. The summed E-state index contributed by atoms with van der Waals surface area (Å²) >= 11 is 0. The minimum atomic E-state index is -1.82. The lowest BCUT2D eigenvalue weighted by Gasteiger charge is -2.34. The molecule has 0 aromatic heterocycles. The van der Waals surface area contributed by atoms with Crippen LogP contribution in [0.1, 0.15) is 19.8 Å². The fourth-order valence-electron chi connectivity index (χ4n) is 2.67. The second-order valence-corrected chi connectivity index (χ2v) is 6.65. The van der Waals surface area contributed by atoms with E-state index < -0.39 is 23.9 Å². The number of hydrogen-bond acceptors (Lipinski definition) is 7. The number of amides is 1. The number of carboxylic acids is 4. The van der Waals surface area contributed by atoms with Crippen molar-refractivity contribution in [1.29, 1.82) is 0 Å². The first kappa shape index (κ1) is 28.5. The Morgan fingerprint density at radius 3 is 1.78 bits per heavy atom. The van der Waals surface area contributed by atoms with Crippen molar-refractivity contribution in [2.24, 2.45) is 0 Å². The van der Waals surface area contributed by atoms with Crippen molar-refractivity contribution in [2.75, 3.05) is 44.8 Å². The molecule has 12 nitrogen and oxygen atoms in total. The summed E-state index contributed by atoms with van der Waals surface area (Å²) in [6.07, 6.45) is 1.76. The molecule has 32 heavy (non-hydrogen) atoms. The molecule has 0 spiro atoms. The molecule has 1 fully saturated rings. The van der Waals surface area contributed by atoms with Crippen LogP contribution in [0.4, 0.5) is 5.69 Å². The highest BCUT2D eigenvalue weighted by molar-refractivity contribution is 6.27. The lowest BCUT2D eigenvalue weighted by atomic mass is 10.2. The van der Waals surface area contributed by atoms with E-state index in [2.05, 4.69) is 16.8 Å². The quantitative estimate of drug-likeness (QED) is 0.450. The number of anilines is 1. The van der Waals surface area contributed by atoms with Gasteiger partial charge in [-0.05, 0) is 25.6 Å². The van der Waals surface area contributed by atoms with Crippen molar-refractivity contribution in [3.05, 3.63) is 30.3 Å². The predicted octanol–water partition coefficient (Wildman–Crippen LogP) is 0.336. The van der Waals surface area contributed by atoms with E-state index in [1.807, 2.05) is 42.2 Å². The maximum absolute atomic E-state index is 12.1. The zero-order valence-electron chi connectivity index (χ0n) is 18.0. The summed E-state index contributed by atoms with van der Waals surface area (Å²) in [5.74, 6) is -7.10. The van der Waals surface area contributed by atoms with E-state index in [9.17, 15) is 4.79 Å². The van der Waals surface area contributed by atoms with Gasteiger partial charge in [-0.3, -0.25) is 14.6 Å². The van der Waals surface area contributed by atoms with Gasteiger partial charge >= 0.3 is 23.9 Å². The largest absolute Gasteiger partial charge is 0.473 e. The predicted molar refractivity (Wildman–Crippen MR) is 113 cm³/mol. The topological polar surface area (TPSA) is 176 Å². The first-order valence-corrected chi connectivity index (χ1v) is 9.68. The van der Waals surface area contributed by atoms with E-state index in [0.717, 1.165) is 32.0 Å². The van der Waals surface area contributed by atoms with Crippen LogP contribution in [0.5, 0.6) is 0 Å². The molecule has 4 N–H and O–H groups in total. The van der Waals surface area contributed by atoms with E-state index in [1.54, 1.807) is 0 Å². The zero-order chi connectivity index (χ0) is 24.7. The van der Waals surface area contributed by atoms with Crippen LogP contribution in [0.2, 0.25) is 0 Å². The van der Waals surface area contributed by atoms with E-state index in [1.165, 1.54) is 13.0 Å². The van der Waals surface area contributed by atoms with Gasteiger partial charge in [0.15, 0.2) is 0 Å². The molecule has 0 bridgehead atoms. The Morgan fingerprint density at radius 2 is 1.38 bits per heavy atom. The average Bonchev–Trinajstić information content (AvgIpc) is 2.75. The summed E-state index contributed by atoms with van der Waals surface area (Å²) < 4.78 is 0. The molecule has 1 saturated heterocycles. The molecular weight excluding hydrogens is 426 g/mol. The number of carboxylic acid groups (broad SMARTS) is 4. The molecule has 12 heteroatoms. The van der Waals surface area contributed by atoms with Crippen molar-refractivity contribution >= 4 is 35.5 Å². The summed E-state index contributed by atoms with van der Waals surface area (Å²) in [6, 6.07) is 9.98. The molecule has 1 aliphatic heterocycles. The van der Waals surface area contributed by atoms with Crippen molar-refractivity contribution in [2.45, 2.75) is 19.8 Å². The van der Waals surface area contributed by atoms with Gasteiger partial charge < -0.3 is 25.3 Å². The fraction of sp³-hybridized carbons (Fsp3) is 0.450. The maximum atomic E-state index is 12.1. The fourth-order valence-corrected chi connectivity index (χ4v) is 2.67. The maximum Gasteiger partial charge on any atom is 0.414 e. The number of aliphatic carboxylic acids is 4. The molecule has 1 aromatic rings. The Bertz CT molecular complexity index is 723. The standard InChI is InChI=1S/C16H25N3O.2C2H2O4/c1-3-16(20)19(15-8-5-4-6-9-15)13-12-18-11-7-10-17(2)14-18;2*3-1(4)2(5)6/h4-6,8-9H,3,7,10-14H2,1-2H3;2*(H,3,4)(H,5,6). The summed E-state index contributed by atoms with van der Waals surface area (Å²) in [5, 5.41) is 29.6. The number of benzene rings is 1. The molecule has 0 atom stereocenters. The van der Waals surface area contributed by atoms with Crippen LogP contribution in [0.25, 0.3) is 0 Å². The molecule has 0 unspecified atom stereocenters. The molecule has 2 rings (SSSR count). The molecule has 1 aliphatic rings. The third kappa shape index (κ3) is 12.2. The van der Waals surface area contributed by atoms with Gasteiger partial charge in [0.25, 0.3) is 0 Å². The summed E-state index contributed by atoms with van der Waals surface area (Å²) in [7, 11) is 2.15. The number of carbonyl (C=O) groups excluding carboxylic acids is 1. The first-order valence-electron chi connectivity index (χ1n) is 9.68. The lowest BCUT2D eigenvalue weighted by Crippen LogP contribution is -2.46. The van der Waals surface area contributed by atoms with Crippen LogP contribution in [-0.4, -0.2) is 99.9 Å². The molecular formula is C20H29N3O9. The first-order chi connectivity index (χ1) is 15.0. The van der Waals surface area contributed by atoms with Gasteiger partial charge in [-0.1, -0.05) is 25.1 Å². The van der Waals surface area contributed by atoms with Crippen LogP contribution >= 0.6 is 0 Å². The third-order valence-electron chi connectivity index (χ3n) is 4.13. The van der Waals surface area contributed by atoms with Gasteiger partial charge in [0.2, 0.25) is 5.91 Å². The highest BCUT2D eigenvalue weighted by Crippen LogP contribution is 2.15. The smallest absolute Gasteiger partial charge is 0.414 e. The second-order valence-electron chi connectivity index (χ2n) is 6.65. The average molecular weight is 455 g/mol. The van der Waals surface area contributed by atoms with Gasteiger partial charge in [-0.2, -0.15) is 0 Å². The highest BCUT2D eigenvalue weighted by atomic mass is 16.4. The minimum absolute atomic E-state index is 0.196. The SMILES string of the molecule is CCC(=O)N(CCN1CCCN(C)C1)c1ccccc1.O=C(O)C(=O)O.O=C(O)C(=O)O. The van der Waals surface area contributed by atoms with Gasteiger partial charge in [-0.15, -0.1) is 0 Å². The molecule has 1 aromatic carbocycles. The Balaban J connectivity index is 0.000000662. The van der Waals surface area contributed by atoms with Crippen LogP contribution in [-0.2, 0) is 24.0 Å². The Kier molecular flexibility index (Phi) is 13.6. The summed E-state index contributed by atoms with van der Waals surface area (Å²) in [6.45, 7) is 6.94. The van der Waals surface area contributed by atoms with Gasteiger partial charge in [-0.25, -0.2) is 19.2 Å². The Hall–Kier alpha value is -3.51. The Labute approximate surface area is 185 Å². The van der Waals surface area contributed by atoms with E-state index in [0.29, 0.717) is 6.42 Å². The van der Waals surface area contributed by atoms with Crippen LogP contribution in [0.3, 0.4) is 0 Å². The van der Waals surface area contributed by atoms with E-state index in [4.69, 9.17) is 39.6 Å². The molecule has 0 aliphatic carbocycles. The van der Waals surface area contributed by atoms with Gasteiger partial charge in [0, 0.05) is 38.3 Å². The summed E-state index contributed by atoms with van der Waals surface area (Å²) in [4.78, 5) is 55.2. The minimum Gasteiger partial charge on any atom is -0.473 e. The number of rotatable bonds is 5. The lowest BCUT2D eigenvalue weighted by molar-refractivity contribution is -0.159. The molecule has 1 amide bonds. The molecule has 0 radical (unpaired) electrons. The van der Waals surface area contributed by atoms with E-state index in [-0.39, 0.29) is 5.91 Å². The normalized spacial score (nSPS) is 13.4.